The number of hydrogen-bond donors (Lipinski definition) is 1. The number of carbonyl (C=O) groups excluding carboxylic acids is 2. The third-order valence-electron chi connectivity index (χ3n) is 3.06. The van der Waals surface area contributed by atoms with Crippen LogP contribution in [0.3, 0.4) is 0 Å². The Labute approximate surface area is 117 Å². The zero-order valence-corrected chi connectivity index (χ0v) is 11.5. The predicted molar refractivity (Wildman–Crippen MR) is 75.9 cm³/mol. The lowest BCUT2D eigenvalue weighted by molar-refractivity contribution is -0.119. The van der Waals surface area contributed by atoms with Gasteiger partial charge in [-0.05, 0) is 12.1 Å². The minimum absolute atomic E-state index is 0.142. The second-order valence-electron chi connectivity index (χ2n) is 4.35. The Morgan fingerprint density at radius 3 is 2.63 bits per heavy atom. The van der Waals surface area contributed by atoms with Crippen molar-refractivity contribution in [1.29, 1.82) is 0 Å². The molecular weight excluding hydrogens is 266 g/mol. The van der Waals surface area contributed by atoms with E-state index in [-0.39, 0.29) is 18.2 Å². The fourth-order valence-electron chi connectivity index (χ4n) is 2.05. The molecule has 2 rings (SSSR count). The van der Waals surface area contributed by atoms with Crippen molar-refractivity contribution in [2.45, 2.75) is 6.42 Å². The van der Waals surface area contributed by atoms with Crippen molar-refractivity contribution in [3.63, 3.8) is 0 Å². The summed E-state index contributed by atoms with van der Waals surface area (Å²) in [5, 5.41) is 2.35. The van der Waals surface area contributed by atoms with Crippen LogP contribution in [0, 0.1) is 0 Å². The van der Waals surface area contributed by atoms with Gasteiger partial charge in [0.25, 0.3) is 0 Å². The van der Waals surface area contributed by atoms with Crippen LogP contribution in [0.5, 0.6) is 0 Å². The molecule has 0 fully saturated rings. The highest BCUT2D eigenvalue weighted by molar-refractivity contribution is 6.19. The van der Waals surface area contributed by atoms with Crippen LogP contribution in [0.25, 0.3) is 0 Å². The van der Waals surface area contributed by atoms with E-state index in [0.29, 0.717) is 6.54 Å². The number of hydrogen-bond acceptors (Lipinski definition) is 3. The van der Waals surface area contributed by atoms with Gasteiger partial charge in [0, 0.05) is 32.4 Å². The van der Waals surface area contributed by atoms with Gasteiger partial charge in [-0.25, -0.2) is 4.79 Å². The zero-order valence-electron chi connectivity index (χ0n) is 10.7. The Morgan fingerprint density at radius 2 is 1.95 bits per heavy atom. The molecule has 1 aliphatic heterocycles. The number of likely N-dealkylation sites (N-methyl/N-ethyl adjacent to an activating group) is 1. The van der Waals surface area contributed by atoms with E-state index in [1.807, 2.05) is 31.3 Å². The van der Waals surface area contributed by atoms with Crippen LogP contribution in [0.4, 0.5) is 16.2 Å². The Balaban J connectivity index is 2.16. The van der Waals surface area contributed by atoms with Crippen molar-refractivity contribution in [3.8, 4) is 0 Å². The SMILES string of the molecule is CN1CCN(C(=O)NC(=O)CCCl)c2ccccc21. The summed E-state index contributed by atoms with van der Waals surface area (Å²) in [5.41, 5.74) is 1.79. The molecule has 0 saturated heterocycles. The van der Waals surface area contributed by atoms with Crippen LogP contribution in [0.2, 0.25) is 0 Å². The highest BCUT2D eigenvalue weighted by atomic mass is 35.5. The molecule has 0 aliphatic carbocycles. The second-order valence-corrected chi connectivity index (χ2v) is 4.73. The Hall–Kier alpha value is -1.75. The first-order valence-corrected chi connectivity index (χ1v) is 6.64. The third-order valence-corrected chi connectivity index (χ3v) is 3.24. The van der Waals surface area contributed by atoms with E-state index in [2.05, 4.69) is 10.2 Å². The molecular formula is C13H16ClN3O2. The van der Waals surface area contributed by atoms with Crippen molar-refractivity contribution in [2.24, 2.45) is 0 Å². The highest BCUT2D eigenvalue weighted by Gasteiger charge is 2.25. The molecule has 0 radical (unpaired) electrons. The van der Waals surface area contributed by atoms with Crippen molar-refractivity contribution in [3.05, 3.63) is 24.3 Å². The van der Waals surface area contributed by atoms with Crippen LogP contribution in [-0.4, -0.2) is 38.0 Å². The monoisotopic (exact) mass is 281 g/mol. The summed E-state index contributed by atoms with van der Waals surface area (Å²) >= 11 is 5.47. The fourth-order valence-corrected chi connectivity index (χ4v) is 2.22. The standard InChI is InChI=1S/C13H16ClN3O2/c1-16-8-9-17(11-5-3-2-4-10(11)16)13(19)15-12(18)6-7-14/h2-5H,6-9H2,1H3,(H,15,18,19). The van der Waals surface area contributed by atoms with Gasteiger partial charge in [0.05, 0.1) is 11.4 Å². The summed E-state index contributed by atoms with van der Waals surface area (Å²) in [7, 11) is 1.98. The second kappa shape index (κ2) is 5.93. The summed E-state index contributed by atoms with van der Waals surface area (Å²) in [6, 6.07) is 7.23. The maximum atomic E-state index is 12.1. The van der Waals surface area contributed by atoms with Crippen LogP contribution in [-0.2, 0) is 4.79 Å². The van der Waals surface area contributed by atoms with Gasteiger partial charge in [0.15, 0.2) is 0 Å². The van der Waals surface area contributed by atoms with Crippen LogP contribution in [0.1, 0.15) is 6.42 Å². The molecule has 1 heterocycles. The molecule has 0 unspecified atom stereocenters. The Bertz CT molecular complexity index is 493. The number of rotatable bonds is 2. The summed E-state index contributed by atoms with van der Waals surface area (Å²) in [6.45, 7) is 1.28. The largest absolute Gasteiger partial charge is 0.371 e. The van der Waals surface area contributed by atoms with Gasteiger partial charge in [0.2, 0.25) is 5.91 Å². The molecule has 3 amide bonds. The predicted octanol–water partition coefficient (Wildman–Crippen LogP) is 1.81. The van der Waals surface area contributed by atoms with Crippen molar-refractivity contribution in [1.82, 2.24) is 5.32 Å². The number of halogens is 1. The summed E-state index contributed by atoms with van der Waals surface area (Å²) in [5.74, 6) is -0.144. The van der Waals surface area contributed by atoms with Gasteiger partial charge in [-0.3, -0.25) is 15.0 Å². The van der Waals surface area contributed by atoms with E-state index in [1.54, 1.807) is 4.90 Å². The van der Waals surface area contributed by atoms with Gasteiger partial charge < -0.3 is 4.90 Å². The molecule has 102 valence electrons. The number of nitrogens with one attached hydrogen (secondary N) is 1. The average Bonchev–Trinajstić information content (AvgIpc) is 2.39. The maximum absolute atomic E-state index is 12.1. The Kier molecular flexibility index (Phi) is 4.27. The minimum Gasteiger partial charge on any atom is -0.371 e. The van der Waals surface area contributed by atoms with E-state index in [9.17, 15) is 9.59 Å². The van der Waals surface area contributed by atoms with Gasteiger partial charge in [-0.2, -0.15) is 0 Å². The molecule has 0 bridgehead atoms. The molecule has 0 aromatic heterocycles. The lowest BCUT2D eigenvalue weighted by Gasteiger charge is -2.35. The number of carbonyl (C=O) groups is 2. The normalized spacial score (nSPS) is 14.0. The number of alkyl halides is 1. The summed E-state index contributed by atoms with van der Waals surface area (Å²) in [4.78, 5) is 27.2. The van der Waals surface area contributed by atoms with E-state index >= 15 is 0 Å². The fraction of sp³-hybridized carbons (Fsp3) is 0.385. The van der Waals surface area contributed by atoms with Crippen LogP contribution >= 0.6 is 11.6 Å². The lowest BCUT2D eigenvalue weighted by Crippen LogP contribution is -2.48. The maximum Gasteiger partial charge on any atom is 0.328 e. The smallest absolute Gasteiger partial charge is 0.328 e. The number of amides is 3. The first-order valence-electron chi connectivity index (χ1n) is 6.11. The first-order chi connectivity index (χ1) is 9.13. The zero-order chi connectivity index (χ0) is 13.8. The van der Waals surface area contributed by atoms with Crippen LogP contribution in [0.15, 0.2) is 24.3 Å². The molecule has 1 aliphatic rings. The molecule has 0 atom stereocenters. The molecule has 5 nitrogen and oxygen atoms in total. The number of nitrogens with zero attached hydrogens (tertiary/aromatic N) is 2. The van der Waals surface area contributed by atoms with Gasteiger partial charge in [-0.15, -0.1) is 11.6 Å². The summed E-state index contributed by atoms with van der Waals surface area (Å²) < 4.78 is 0. The topological polar surface area (TPSA) is 52.6 Å². The van der Waals surface area contributed by atoms with E-state index < -0.39 is 6.03 Å². The number of anilines is 2. The molecule has 0 spiro atoms. The summed E-state index contributed by atoms with van der Waals surface area (Å²) in [6.07, 6.45) is 0.142. The number of benzene rings is 1. The lowest BCUT2D eigenvalue weighted by atomic mass is 10.2. The van der Waals surface area contributed by atoms with Gasteiger partial charge >= 0.3 is 6.03 Å². The number of para-hydroxylation sites is 2. The molecule has 0 saturated carbocycles. The Morgan fingerprint density at radius 1 is 1.26 bits per heavy atom. The van der Waals surface area contributed by atoms with Gasteiger partial charge in [-0.1, -0.05) is 12.1 Å². The average molecular weight is 282 g/mol. The van der Waals surface area contributed by atoms with Crippen molar-refractivity contribution >= 4 is 34.9 Å². The van der Waals surface area contributed by atoms with Gasteiger partial charge in [0.1, 0.15) is 0 Å². The first kappa shape index (κ1) is 13.7. The van der Waals surface area contributed by atoms with Crippen molar-refractivity contribution < 1.29 is 9.59 Å². The minimum atomic E-state index is -0.393. The number of imide groups is 1. The highest BCUT2D eigenvalue weighted by Crippen LogP contribution is 2.31. The molecule has 6 heteroatoms. The quantitative estimate of drug-likeness (QED) is 0.841. The molecule has 1 aromatic carbocycles. The van der Waals surface area contributed by atoms with Crippen LogP contribution < -0.4 is 15.1 Å². The number of fused-ring (bicyclic) bond motifs is 1. The van der Waals surface area contributed by atoms with E-state index in [1.165, 1.54) is 0 Å². The molecule has 19 heavy (non-hydrogen) atoms. The van der Waals surface area contributed by atoms with E-state index in [0.717, 1.165) is 17.9 Å². The number of urea groups is 1. The molecule has 1 aromatic rings. The third kappa shape index (κ3) is 2.98. The van der Waals surface area contributed by atoms with E-state index in [4.69, 9.17) is 11.6 Å². The van der Waals surface area contributed by atoms with Crippen molar-refractivity contribution in [2.75, 3.05) is 35.8 Å². The molecule has 1 N–H and O–H groups in total.